The Morgan fingerprint density at radius 1 is 1.44 bits per heavy atom. The van der Waals surface area contributed by atoms with Crippen molar-refractivity contribution in [1.82, 2.24) is 0 Å². The molecular weight excluding hydrogens is 114 g/mol. The van der Waals surface area contributed by atoms with E-state index in [2.05, 4.69) is 0 Å². The Morgan fingerprint density at radius 3 is 2.33 bits per heavy atom. The lowest BCUT2D eigenvalue weighted by Crippen LogP contribution is -1.96. The number of methoxy groups -OCH3 is 1. The molecule has 2 nitrogen and oxygen atoms in total. The second kappa shape index (κ2) is 4.13. The van der Waals surface area contributed by atoms with Crippen LogP contribution in [0.25, 0.3) is 0 Å². The minimum absolute atomic E-state index is 0.920. The van der Waals surface area contributed by atoms with E-state index in [1.54, 1.807) is 7.11 Å². The summed E-state index contributed by atoms with van der Waals surface area (Å²) in [6.45, 7) is 1.92. The molecule has 0 aliphatic heterocycles. The van der Waals surface area contributed by atoms with E-state index in [1.807, 2.05) is 37.9 Å². The van der Waals surface area contributed by atoms with E-state index in [0.29, 0.717) is 0 Å². The molecule has 0 spiro atoms. The Hall–Kier alpha value is -0.790. The van der Waals surface area contributed by atoms with Crippen LogP contribution in [0.5, 0.6) is 0 Å². The predicted octanol–water partition coefficient (Wildman–Crippen LogP) is 0.879. The van der Waals surface area contributed by atoms with Gasteiger partial charge in [-0.3, -0.25) is 0 Å². The van der Waals surface area contributed by atoms with E-state index >= 15 is 0 Å². The summed E-state index contributed by atoms with van der Waals surface area (Å²) in [5.74, 6) is 0.920. The van der Waals surface area contributed by atoms with Gasteiger partial charge in [0, 0.05) is 6.08 Å². The van der Waals surface area contributed by atoms with Crippen LogP contribution in [-0.4, -0.2) is 32.0 Å². The summed E-state index contributed by atoms with van der Waals surface area (Å²) >= 11 is 0. The number of ether oxygens (including phenoxy) is 1. The van der Waals surface area contributed by atoms with Crippen molar-refractivity contribution in [1.29, 1.82) is 0 Å². The molecule has 0 amide bonds. The highest BCUT2D eigenvalue weighted by atomic mass is 16.5. The van der Waals surface area contributed by atoms with Crippen LogP contribution in [-0.2, 0) is 4.74 Å². The highest BCUT2D eigenvalue weighted by Gasteiger charge is 1.82. The maximum absolute atomic E-state index is 4.90. The Balaban J connectivity index is 3.83. The highest BCUT2D eigenvalue weighted by Crippen LogP contribution is 1.87. The molecule has 0 radical (unpaired) electrons. The third-order valence-electron chi connectivity index (χ3n) is 0.929. The van der Waals surface area contributed by atoms with Gasteiger partial charge in [-0.2, -0.15) is 0 Å². The standard InChI is InChI=1S/C7H14NO/c1-7(9-4)5-6-8(2)3/h5-6H,1-4H3/q+1/b7-5-. The van der Waals surface area contributed by atoms with Crippen molar-refractivity contribution in [3.63, 3.8) is 0 Å². The molecule has 0 aromatic rings. The Bertz CT molecular complexity index is 132. The Morgan fingerprint density at radius 2 is 2.00 bits per heavy atom. The minimum Gasteiger partial charge on any atom is -0.501 e. The molecule has 0 fully saturated rings. The van der Waals surface area contributed by atoms with E-state index in [-0.39, 0.29) is 0 Å². The van der Waals surface area contributed by atoms with Crippen molar-refractivity contribution in [2.75, 3.05) is 21.2 Å². The SMILES string of the molecule is CO/C(C)=C\C=[N+](C)C. The average molecular weight is 128 g/mol. The largest absolute Gasteiger partial charge is 0.501 e. The summed E-state index contributed by atoms with van der Waals surface area (Å²) in [6, 6.07) is 0. The van der Waals surface area contributed by atoms with Crippen LogP contribution in [0, 0.1) is 0 Å². The summed E-state index contributed by atoms with van der Waals surface area (Å²) < 4.78 is 6.86. The first-order valence-corrected chi connectivity index (χ1v) is 2.89. The van der Waals surface area contributed by atoms with Gasteiger partial charge in [-0.05, 0) is 6.92 Å². The summed E-state index contributed by atoms with van der Waals surface area (Å²) in [4.78, 5) is 0. The zero-order chi connectivity index (χ0) is 7.28. The molecule has 0 aromatic carbocycles. The van der Waals surface area contributed by atoms with Gasteiger partial charge in [0.15, 0.2) is 6.21 Å². The fourth-order valence-corrected chi connectivity index (χ4v) is 0.322. The molecule has 0 aromatic heterocycles. The zero-order valence-electron chi connectivity index (χ0n) is 6.51. The van der Waals surface area contributed by atoms with E-state index < -0.39 is 0 Å². The van der Waals surface area contributed by atoms with Crippen molar-refractivity contribution in [2.24, 2.45) is 0 Å². The fourth-order valence-electron chi connectivity index (χ4n) is 0.322. The van der Waals surface area contributed by atoms with Crippen LogP contribution in [0.15, 0.2) is 11.8 Å². The highest BCUT2D eigenvalue weighted by molar-refractivity contribution is 5.66. The fraction of sp³-hybridized carbons (Fsp3) is 0.571. The van der Waals surface area contributed by atoms with Crippen molar-refractivity contribution in [3.8, 4) is 0 Å². The maximum atomic E-state index is 4.90. The summed E-state index contributed by atoms with van der Waals surface area (Å²) in [7, 11) is 5.61. The second-order valence-corrected chi connectivity index (χ2v) is 2.09. The molecule has 2 heteroatoms. The first kappa shape index (κ1) is 8.21. The van der Waals surface area contributed by atoms with Gasteiger partial charge in [0.1, 0.15) is 14.1 Å². The number of nitrogens with zero attached hydrogens (tertiary/aromatic N) is 1. The van der Waals surface area contributed by atoms with E-state index in [9.17, 15) is 0 Å². The predicted molar refractivity (Wildman–Crippen MR) is 38.9 cm³/mol. The molecule has 0 atom stereocenters. The second-order valence-electron chi connectivity index (χ2n) is 2.09. The van der Waals surface area contributed by atoms with E-state index in [1.165, 1.54) is 0 Å². The van der Waals surface area contributed by atoms with Gasteiger partial charge in [-0.1, -0.05) is 0 Å². The van der Waals surface area contributed by atoms with E-state index in [0.717, 1.165) is 5.76 Å². The number of rotatable bonds is 2. The van der Waals surface area contributed by atoms with Gasteiger partial charge in [0.25, 0.3) is 0 Å². The lowest BCUT2D eigenvalue weighted by Gasteiger charge is -1.92. The van der Waals surface area contributed by atoms with Gasteiger partial charge in [-0.15, -0.1) is 0 Å². The van der Waals surface area contributed by atoms with Crippen LogP contribution in [0.3, 0.4) is 0 Å². The molecule has 0 N–H and O–H groups in total. The number of hydrogen-bond acceptors (Lipinski definition) is 1. The third kappa shape index (κ3) is 5.07. The number of hydrogen-bond donors (Lipinski definition) is 0. The average Bonchev–Trinajstić information content (AvgIpc) is 1.83. The molecule has 0 saturated carbocycles. The molecule has 0 aliphatic rings. The van der Waals surface area contributed by atoms with Crippen LogP contribution in [0.4, 0.5) is 0 Å². The Kier molecular flexibility index (Phi) is 3.76. The minimum atomic E-state index is 0.920. The van der Waals surface area contributed by atoms with Gasteiger partial charge in [0.05, 0.1) is 12.9 Å². The number of allylic oxidation sites excluding steroid dienone is 2. The topological polar surface area (TPSA) is 12.2 Å². The maximum Gasteiger partial charge on any atom is 0.166 e. The first-order valence-electron chi connectivity index (χ1n) is 2.89. The van der Waals surface area contributed by atoms with Crippen LogP contribution in [0.1, 0.15) is 6.92 Å². The molecule has 0 rings (SSSR count). The van der Waals surface area contributed by atoms with Crippen molar-refractivity contribution < 1.29 is 9.31 Å². The molecule has 0 saturated heterocycles. The quantitative estimate of drug-likeness (QED) is 0.305. The smallest absolute Gasteiger partial charge is 0.166 e. The van der Waals surface area contributed by atoms with Gasteiger partial charge in [-0.25, -0.2) is 4.58 Å². The van der Waals surface area contributed by atoms with Crippen LogP contribution >= 0.6 is 0 Å². The molecule has 0 unspecified atom stereocenters. The summed E-state index contributed by atoms with van der Waals surface area (Å²) in [5.41, 5.74) is 0. The lowest BCUT2D eigenvalue weighted by atomic mass is 10.5. The Labute approximate surface area is 56.5 Å². The molecule has 9 heavy (non-hydrogen) atoms. The van der Waals surface area contributed by atoms with Gasteiger partial charge < -0.3 is 4.74 Å². The van der Waals surface area contributed by atoms with Crippen LogP contribution in [0.2, 0.25) is 0 Å². The van der Waals surface area contributed by atoms with Crippen molar-refractivity contribution in [3.05, 3.63) is 11.8 Å². The molecule has 0 bridgehead atoms. The summed E-state index contributed by atoms with van der Waals surface area (Å²) in [5, 5.41) is 0. The van der Waals surface area contributed by atoms with Crippen LogP contribution < -0.4 is 0 Å². The normalized spacial score (nSPS) is 10.9. The third-order valence-corrected chi connectivity index (χ3v) is 0.929. The first-order chi connectivity index (χ1) is 4.16. The van der Waals surface area contributed by atoms with Crippen molar-refractivity contribution in [2.45, 2.75) is 6.92 Å². The molecule has 52 valence electrons. The monoisotopic (exact) mass is 128 g/mol. The zero-order valence-corrected chi connectivity index (χ0v) is 6.51. The molecule has 0 aliphatic carbocycles. The van der Waals surface area contributed by atoms with E-state index in [4.69, 9.17) is 4.74 Å². The molecule has 0 heterocycles. The lowest BCUT2D eigenvalue weighted by molar-refractivity contribution is -0.458. The summed E-state index contributed by atoms with van der Waals surface area (Å²) in [6.07, 6.45) is 3.86. The van der Waals surface area contributed by atoms with Gasteiger partial charge >= 0.3 is 0 Å². The molecular formula is C7H14NO+. The van der Waals surface area contributed by atoms with Crippen molar-refractivity contribution >= 4 is 6.21 Å². The van der Waals surface area contributed by atoms with Gasteiger partial charge in [0.2, 0.25) is 0 Å².